The molecule has 0 saturated carbocycles. The molecule has 1 aliphatic heterocycles. The van der Waals surface area contributed by atoms with Crippen LogP contribution in [0.3, 0.4) is 0 Å². The largest absolute Gasteiger partial charge is 0.388 e. The van der Waals surface area contributed by atoms with Gasteiger partial charge >= 0.3 is 0 Å². The molecule has 0 aromatic carbocycles. The van der Waals surface area contributed by atoms with E-state index in [1.54, 1.807) is 12.4 Å². The second kappa shape index (κ2) is 4.93. The number of thiocarbonyl (C=S) groups is 1. The third-order valence-electron chi connectivity index (χ3n) is 2.93. The van der Waals surface area contributed by atoms with Crippen LogP contribution in [0, 0.1) is 0 Å². The molecule has 0 bridgehead atoms. The van der Waals surface area contributed by atoms with E-state index in [1.807, 2.05) is 0 Å². The quantitative estimate of drug-likeness (QED) is 0.785. The molecule has 0 atom stereocenters. The standard InChI is InChI=1S/C11H16N4OS/c1-11(2-4-16-5-3-11)15-9-7-13-8(6-14-9)10(12)17/h6-7H,2-5H2,1H3,(H2,12,17)(H,14,15). The predicted octanol–water partition coefficient (Wildman–Crippen LogP) is 1.09. The summed E-state index contributed by atoms with van der Waals surface area (Å²) in [6.07, 6.45) is 5.18. The first-order chi connectivity index (χ1) is 8.09. The van der Waals surface area contributed by atoms with Gasteiger partial charge in [0.1, 0.15) is 16.5 Å². The zero-order valence-corrected chi connectivity index (χ0v) is 10.6. The number of rotatable bonds is 3. The second-order valence-electron chi connectivity index (χ2n) is 4.45. The lowest BCUT2D eigenvalue weighted by molar-refractivity contribution is 0.0657. The Balaban J connectivity index is 2.05. The van der Waals surface area contributed by atoms with E-state index in [9.17, 15) is 0 Å². The zero-order valence-electron chi connectivity index (χ0n) is 9.77. The predicted molar refractivity (Wildman–Crippen MR) is 70.0 cm³/mol. The molecule has 1 saturated heterocycles. The minimum absolute atomic E-state index is 0.0255. The topological polar surface area (TPSA) is 73.1 Å². The van der Waals surface area contributed by atoms with Crippen molar-refractivity contribution < 1.29 is 4.74 Å². The summed E-state index contributed by atoms with van der Waals surface area (Å²) in [6, 6.07) is 0. The van der Waals surface area contributed by atoms with E-state index >= 15 is 0 Å². The molecule has 6 heteroatoms. The summed E-state index contributed by atoms with van der Waals surface area (Å²) in [5.41, 5.74) is 6.04. The lowest BCUT2D eigenvalue weighted by atomic mass is 9.92. The van der Waals surface area contributed by atoms with Gasteiger partial charge < -0.3 is 15.8 Å². The van der Waals surface area contributed by atoms with Gasteiger partial charge in [0, 0.05) is 18.8 Å². The first kappa shape index (κ1) is 12.2. The van der Waals surface area contributed by atoms with Crippen LogP contribution >= 0.6 is 12.2 Å². The van der Waals surface area contributed by atoms with Gasteiger partial charge in [0.25, 0.3) is 0 Å². The van der Waals surface area contributed by atoms with Crippen molar-refractivity contribution in [2.75, 3.05) is 18.5 Å². The van der Waals surface area contributed by atoms with Gasteiger partial charge in [0.2, 0.25) is 0 Å². The Bertz CT molecular complexity index is 400. The molecule has 2 heterocycles. The van der Waals surface area contributed by atoms with Crippen molar-refractivity contribution in [3.63, 3.8) is 0 Å². The van der Waals surface area contributed by atoms with Gasteiger partial charge in [-0.15, -0.1) is 0 Å². The van der Waals surface area contributed by atoms with Crippen molar-refractivity contribution in [3.05, 3.63) is 18.1 Å². The highest BCUT2D eigenvalue weighted by atomic mass is 32.1. The third kappa shape index (κ3) is 3.10. The minimum Gasteiger partial charge on any atom is -0.388 e. The van der Waals surface area contributed by atoms with Gasteiger partial charge in [-0.05, 0) is 19.8 Å². The fraction of sp³-hybridized carbons (Fsp3) is 0.545. The zero-order chi connectivity index (χ0) is 12.3. The average molecular weight is 252 g/mol. The highest BCUT2D eigenvalue weighted by Crippen LogP contribution is 2.23. The summed E-state index contributed by atoms with van der Waals surface area (Å²) in [4.78, 5) is 8.67. The van der Waals surface area contributed by atoms with Crippen LogP contribution in [0.4, 0.5) is 5.82 Å². The lowest BCUT2D eigenvalue weighted by Crippen LogP contribution is -2.40. The van der Waals surface area contributed by atoms with Crippen LogP contribution in [0.1, 0.15) is 25.5 Å². The molecule has 1 aromatic rings. The fourth-order valence-corrected chi connectivity index (χ4v) is 1.88. The molecule has 2 rings (SSSR count). The second-order valence-corrected chi connectivity index (χ2v) is 4.89. The van der Waals surface area contributed by atoms with Gasteiger partial charge in [-0.2, -0.15) is 0 Å². The molecule has 0 amide bonds. The number of nitrogens with zero attached hydrogens (tertiary/aromatic N) is 2. The smallest absolute Gasteiger partial charge is 0.144 e. The van der Waals surface area contributed by atoms with Crippen molar-refractivity contribution in [2.24, 2.45) is 5.73 Å². The van der Waals surface area contributed by atoms with Crippen LogP contribution < -0.4 is 11.1 Å². The number of hydrogen-bond donors (Lipinski definition) is 2. The summed E-state index contributed by atoms with van der Waals surface area (Å²) in [6.45, 7) is 3.72. The molecule has 0 radical (unpaired) electrons. The van der Waals surface area contributed by atoms with E-state index in [0.29, 0.717) is 5.69 Å². The van der Waals surface area contributed by atoms with Gasteiger partial charge in [-0.1, -0.05) is 12.2 Å². The minimum atomic E-state index is 0.0255. The molecule has 1 aromatic heterocycles. The Morgan fingerprint density at radius 3 is 2.65 bits per heavy atom. The average Bonchev–Trinajstić information content (AvgIpc) is 2.30. The molecule has 17 heavy (non-hydrogen) atoms. The van der Waals surface area contributed by atoms with Crippen molar-refractivity contribution in [1.29, 1.82) is 0 Å². The summed E-state index contributed by atoms with van der Waals surface area (Å²) >= 11 is 4.83. The molecule has 5 nitrogen and oxygen atoms in total. The molecule has 0 spiro atoms. The number of aromatic nitrogens is 2. The number of ether oxygens (including phenoxy) is 1. The van der Waals surface area contributed by atoms with Gasteiger partial charge in [-0.25, -0.2) is 9.97 Å². The van der Waals surface area contributed by atoms with Crippen LogP contribution in [0.15, 0.2) is 12.4 Å². The van der Waals surface area contributed by atoms with Crippen molar-refractivity contribution in [2.45, 2.75) is 25.3 Å². The van der Waals surface area contributed by atoms with Gasteiger partial charge in [0.05, 0.1) is 12.4 Å². The Kier molecular flexibility index (Phi) is 3.54. The molecular formula is C11H16N4OS. The van der Waals surface area contributed by atoms with Crippen LogP contribution in [0.25, 0.3) is 0 Å². The van der Waals surface area contributed by atoms with Crippen LogP contribution in [0.5, 0.6) is 0 Å². The highest BCUT2D eigenvalue weighted by Gasteiger charge is 2.27. The van der Waals surface area contributed by atoms with Crippen molar-refractivity contribution in [1.82, 2.24) is 9.97 Å². The maximum absolute atomic E-state index is 5.47. The van der Waals surface area contributed by atoms with Gasteiger partial charge in [0.15, 0.2) is 0 Å². The SMILES string of the molecule is CC1(Nc2cnc(C(N)=S)cn2)CCOCC1. The van der Waals surface area contributed by atoms with E-state index in [-0.39, 0.29) is 10.5 Å². The maximum Gasteiger partial charge on any atom is 0.144 e. The Labute approximate surface area is 106 Å². The highest BCUT2D eigenvalue weighted by molar-refractivity contribution is 7.80. The summed E-state index contributed by atoms with van der Waals surface area (Å²) in [5, 5.41) is 3.39. The molecule has 0 unspecified atom stereocenters. The monoisotopic (exact) mass is 252 g/mol. The molecule has 1 aliphatic rings. The van der Waals surface area contributed by atoms with E-state index in [1.165, 1.54) is 0 Å². The van der Waals surface area contributed by atoms with Gasteiger partial charge in [-0.3, -0.25) is 0 Å². The molecule has 3 N–H and O–H groups in total. The fourth-order valence-electron chi connectivity index (χ4n) is 1.78. The molecular weight excluding hydrogens is 236 g/mol. The van der Waals surface area contributed by atoms with E-state index < -0.39 is 0 Å². The van der Waals surface area contributed by atoms with Crippen LogP contribution in [0.2, 0.25) is 0 Å². The van der Waals surface area contributed by atoms with E-state index in [2.05, 4.69) is 22.2 Å². The molecule has 1 fully saturated rings. The van der Waals surface area contributed by atoms with E-state index in [4.69, 9.17) is 22.7 Å². The Hall–Kier alpha value is -1.27. The summed E-state index contributed by atoms with van der Waals surface area (Å²) in [7, 11) is 0. The normalized spacial score (nSPS) is 18.6. The number of anilines is 1. The third-order valence-corrected chi connectivity index (χ3v) is 3.14. The van der Waals surface area contributed by atoms with Crippen LogP contribution in [-0.4, -0.2) is 33.7 Å². The first-order valence-electron chi connectivity index (χ1n) is 5.57. The first-order valence-corrected chi connectivity index (χ1v) is 5.98. The molecule has 0 aliphatic carbocycles. The molecule has 92 valence electrons. The number of nitrogens with one attached hydrogen (secondary N) is 1. The Morgan fingerprint density at radius 2 is 2.12 bits per heavy atom. The van der Waals surface area contributed by atoms with E-state index in [0.717, 1.165) is 31.9 Å². The maximum atomic E-state index is 5.47. The Morgan fingerprint density at radius 1 is 1.41 bits per heavy atom. The van der Waals surface area contributed by atoms with Crippen LogP contribution in [-0.2, 0) is 4.74 Å². The van der Waals surface area contributed by atoms with Crippen molar-refractivity contribution >= 4 is 23.0 Å². The number of nitrogens with two attached hydrogens (primary N) is 1. The number of hydrogen-bond acceptors (Lipinski definition) is 5. The van der Waals surface area contributed by atoms with Crippen molar-refractivity contribution in [3.8, 4) is 0 Å². The summed E-state index contributed by atoms with van der Waals surface area (Å²) in [5.74, 6) is 0.745. The summed E-state index contributed by atoms with van der Waals surface area (Å²) < 4.78 is 5.34. The lowest BCUT2D eigenvalue weighted by Gasteiger charge is -2.34.